The number of morpholine rings is 1. The van der Waals surface area contributed by atoms with Crippen molar-refractivity contribution < 1.29 is 14.3 Å². The topological polar surface area (TPSA) is 79.5 Å². The van der Waals surface area contributed by atoms with E-state index in [0.717, 1.165) is 49.4 Å². The highest BCUT2D eigenvalue weighted by atomic mass is 16.5. The molecule has 0 bridgehead atoms. The Bertz CT molecular complexity index is 962. The molecule has 3 aromatic rings. The van der Waals surface area contributed by atoms with E-state index in [-0.39, 0.29) is 5.91 Å². The summed E-state index contributed by atoms with van der Waals surface area (Å²) in [4.78, 5) is 22.4. The number of carbonyl (C=O) groups excluding carboxylic acids is 1. The summed E-state index contributed by atoms with van der Waals surface area (Å²) in [6.07, 6.45) is 3.54. The van der Waals surface area contributed by atoms with E-state index < -0.39 is 0 Å². The van der Waals surface area contributed by atoms with Crippen LogP contribution in [0, 0.1) is 0 Å². The average Bonchev–Trinajstić information content (AvgIpc) is 3.18. The zero-order chi connectivity index (χ0) is 20.1. The van der Waals surface area contributed by atoms with Crippen molar-refractivity contribution in [1.29, 1.82) is 0 Å². The first kappa shape index (κ1) is 19.6. The van der Waals surface area contributed by atoms with Gasteiger partial charge in [-0.1, -0.05) is 24.3 Å². The van der Waals surface area contributed by atoms with Gasteiger partial charge >= 0.3 is 0 Å². The van der Waals surface area contributed by atoms with Crippen LogP contribution in [0.3, 0.4) is 0 Å². The molecular weight excluding hydrogens is 368 g/mol. The van der Waals surface area contributed by atoms with Gasteiger partial charge in [0.15, 0.2) is 0 Å². The molecule has 1 aliphatic heterocycles. The Labute approximate surface area is 170 Å². The van der Waals surface area contributed by atoms with Gasteiger partial charge in [-0.05, 0) is 17.2 Å². The third-order valence-corrected chi connectivity index (χ3v) is 5.16. The van der Waals surface area contributed by atoms with Gasteiger partial charge in [0.1, 0.15) is 5.65 Å². The summed E-state index contributed by atoms with van der Waals surface area (Å²) in [6.45, 7) is 5.46. The van der Waals surface area contributed by atoms with Crippen molar-refractivity contribution in [3.05, 3.63) is 53.9 Å². The number of benzene rings is 1. The third-order valence-electron chi connectivity index (χ3n) is 5.16. The summed E-state index contributed by atoms with van der Waals surface area (Å²) in [5, 5.41) is 3.67. The highest BCUT2D eigenvalue weighted by molar-refractivity contribution is 6.06. The first-order valence-electron chi connectivity index (χ1n) is 9.88. The van der Waals surface area contributed by atoms with Gasteiger partial charge in [0.25, 0.3) is 5.91 Å². The Morgan fingerprint density at radius 3 is 2.79 bits per heavy atom. The highest BCUT2D eigenvalue weighted by Gasteiger charge is 2.14. The molecule has 4 rings (SSSR count). The molecule has 0 aliphatic carbocycles. The van der Waals surface area contributed by atoms with Crippen LogP contribution >= 0.6 is 0 Å². The van der Waals surface area contributed by atoms with Gasteiger partial charge in [0, 0.05) is 56.6 Å². The summed E-state index contributed by atoms with van der Waals surface area (Å²) < 4.78 is 10.4. The number of aromatic amines is 1. The number of H-pyrrole nitrogens is 1. The normalized spacial score (nSPS) is 14.9. The molecule has 1 aliphatic rings. The van der Waals surface area contributed by atoms with Crippen molar-refractivity contribution in [1.82, 2.24) is 20.2 Å². The third kappa shape index (κ3) is 4.64. The fourth-order valence-electron chi connectivity index (χ4n) is 3.53. The molecule has 3 heterocycles. The fourth-order valence-corrected chi connectivity index (χ4v) is 3.53. The molecule has 2 N–H and O–H groups in total. The smallest absolute Gasteiger partial charge is 0.253 e. The lowest BCUT2D eigenvalue weighted by molar-refractivity contribution is 0.0342. The number of nitrogens with one attached hydrogen (secondary N) is 2. The molecule has 1 aromatic carbocycles. The van der Waals surface area contributed by atoms with Gasteiger partial charge in [-0.2, -0.15) is 0 Å². The number of fused-ring (bicyclic) bond motifs is 1. The maximum atomic E-state index is 12.4. The second kappa shape index (κ2) is 9.17. The number of carbonyl (C=O) groups is 1. The molecule has 0 saturated carbocycles. The largest absolute Gasteiger partial charge is 0.383 e. The monoisotopic (exact) mass is 394 g/mol. The molecule has 0 atom stereocenters. The molecule has 1 amide bonds. The van der Waals surface area contributed by atoms with Gasteiger partial charge in [-0.3, -0.25) is 9.69 Å². The summed E-state index contributed by atoms with van der Waals surface area (Å²) in [5.74, 6) is -0.131. The Morgan fingerprint density at radius 1 is 1.24 bits per heavy atom. The van der Waals surface area contributed by atoms with Crippen LogP contribution in [-0.4, -0.2) is 67.3 Å². The zero-order valence-corrected chi connectivity index (χ0v) is 16.6. The number of hydrogen-bond acceptors (Lipinski definition) is 5. The van der Waals surface area contributed by atoms with Crippen LogP contribution in [0.25, 0.3) is 22.2 Å². The number of aromatic nitrogens is 2. The van der Waals surface area contributed by atoms with E-state index in [1.807, 2.05) is 12.3 Å². The van der Waals surface area contributed by atoms with Crippen molar-refractivity contribution in [2.75, 3.05) is 46.6 Å². The molecule has 152 valence electrons. The van der Waals surface area contributed by atoms with Crippen LogP contribution in [-0.2, 0) is 16.0 Å². The SMILES string of the molecule is COCCNC(=O)c1c[nH]c2ncc(-c3ccc(CN4CCOCC4)cc3)cc12. The Balaban J connectivity index is 1.51. The number of ether oxygens (including phenoxy) is 2. The predicted molar refractivity (Wildman–Crippen MR) is 112 cm³/mol. The molecular formula is C22H26N4O3. The maximum Gasteiger partial charge on any atom is 0.253 e. The predicted octanol–water partition coefficient (Wildman–Crippen LogP) is 2.44. The molecule has 0 radical (unpaired) electrons. The van der Waals surface area contributed by atoms with Crippen LogP contribution < -0.4 is 5.32 Å². The number of nitrogens with zero attached hydrogens (tertiary/aromatic N) is 2. The van der Waals surface area contributed by atoms with Crippen molar-refractivity contribution in [3.8, 4) is 11.1 Å². The number of hydrogen-bond donors (Lipinski definition) is 2. The fraction of sp³-hybridized carbons (Fsp3) is 0.364. The summed E-state index contributed by atoms with van der Waals surface area (Å²) >= 11 is 0. The lowest BCUT2D eigenvalue weighted by Crippen LogP contribution is -2.35. The standard InChI is InChI=1S/C22H26N4O3/c1-28-9-6-23-22(27)20-14-25-21-19(20)12-18(13-24-21)17-4-2-16(3-5-17)15-26-7-10-29-11-8-26/h2-5,12-14H,6-11,15H2,1H3,(H,23,27)(H,24,25). The molecule has 7 nitrogen and oxygen atoms in total. The molecule has 29 heavy (non-hydrogen) atoms. The van der Waals surface area contributed by atoms with E-state index in [0.29, 0.717) is 24.4 Å². The zero-order valence-electron chi connectivity index (χ0n) is 16.6. The maximum absolute atomic E-state index is 12.4. The molecule has 0 unspecified atom stereocenters. The van der Waals surface area contributed by atoms with Gasteiger partial charge in [0.05, 0.1) is 25.4 Å². The first-order valence-corrected chi connectivity index (χ1v) is 9.88. The van der Waals surface area contributed by atoms with E-state index in [4.69, 9.17) is 9.47 Å². The molecule has 2 aromatic heterocycles. The second-order valence-corrected chi connectivity index (χ2v) is 7.16. The van der Waals surface area contributed by atoms with E-state index in [9.17, 15) is 4.79 Å². The van der Waals surface area contributed by atoms with Crippen LogP contribution in [0.15, 0.2) is 42.7 Å². The minimum absolute atomic E-state index is 0.131. The van der Waals surface area contributed by atoms with E-state index >= 15 is 0 Å². The molecule has 7 heteroatoms. The lowest BCUT2D eigenvalue weighted by Gasteiger charge is -2.26. The van der Waals surface area contributed by atoms with Crippen molar-refractivity contribution in [2.24, 2.45) is 0 Å². The number of pyridine rings is 1. The second-order valence-electron chi connectivity index (χ2n) is 7.16. The lowest BCUT2D eigenvalue weighted by atomic mass is 10.0. The Hall–Kier alpha value is -2.74. The molecule has 1 fully saturated rings. The highest BCUT2D eigenvalue weighted by Crippen LogP contribution is 2.25. The Morgan fingerprint density at radius 2 is 2.03 bits per heavy atom. The van der Waals surface area contributed by atoms with Crippen molar-refractivity contribution in [2.45, 2.75) is 6.54 Å². The van der Waals surface area contributed by atoms with Crippen LogP contribution in [0.1, 0.15) is 15.9 Å². The van der Waals surface area contributed by atoms with Gasteiger partial charge in [-0.15, -0.1) is 0 Å². The van der Waals surface area contributed by atoms with Gasteiger partial charge < -0.3 is 19.8 Å². The minimum atomic E-state index is -0.131. The van der Waals surface area contributed by atoms with Crippen LogP contribution in [0.5, 0.6) is 0 Å². The minimum Gasteiger partial charge on any atom is -0.383 e. The summed E-state index contributed by atoms with van der Waals surface area (Å²) in [6, 6.07) is 10.6. The summed E-state index contributed by atoms with van der Waals surface area (Å²) in [7, 11) is 1.61. The quantitative estimate of drug-likeness (QED) is 0.602. The van der Waals surface area contributed by atoms with Gasteiger partial charge in [-0.25, -0.2) is 4.98 Å². The van der Waals surface area contributed by atoms with Crippen molar-refractivity contribution >= 4 is 16.9 Å². The average molecular weight is 394 g/mol. The Kier molecular flexibility index (Phi) is 6.19. The van der Waals surface area contributed by atoms with E-state index in [1.165, 1.54) is 5.56 Å². The summed E-state index contributed by atoms with van der Waals surface area (Å²) in [5.41, 5.74) is 4.64. The molecule has 0 spiro atoms. The van der Waals surface area contributed by atoms with Crippen LogP contribution in [0.2, 0.25) is 0 Å². The number of methoxy groups -OCH3 is 1. The van der Waals surface area contributed by atoms with E-state index in [2.05, 4.69) is 44.5 Å². The van der Waals surface area contributed by atoms with Crippen LogP contribution in [0.4, 0.5) is 0 Å². The number of rotatable bonds is 7. The van der Waals surface area contributed by atoms with Gasteiger partial charge in [0.2, 0.25) is 0 Å². The first-order chi connectivity index (χ1) is 14.2. The van der Waals surface area contributed by atoms with Crippen molar-refractivity contribution in [3.63, 3.8) is 0 Å². The molecule has 1 saturated heterocycles. The number of amides is 1. The van der Waals surface area contributed by atoms with E-state index in [1.54, 1.807) is 13.3 Å².